The van der Waals surface area contributed by atoms with Gasteiger partial charge in [-0.2, -0.15) is 10.2 Å². The second kappa shape index (κ2) is 16.7. The van der Waals surface area contributed by atoms with E-state index in [0.29, 0.717) is 18.7 Å². The van der Waals surface area contributed by atoms with Crippen molar-refractivity contribution in [2.75, 3.05) is 39.6 Å². The SMILES string of the molecule is Brc1[nH]nc2ncccc12.Brc1nn(C2CCOC2)c2ncccc12.OC1CCOC1.[CH3][Sn]([CH3])([CH3])[c]1nn(C2CCOC2)c2ncccc12. The summed E-state index contributed by atoms with van der Waals surface area (Å²) in [5.41, 5.74) is 2.71. The van der Waals surface area contributed by atoms with Crippen LogP contribution >= 0.6 is 31.9 Å². The molecular weight excluding hydrogens is 865 g/mol. The second-order valence-corrected chi connectivity index (χ2v) is 28.7. The van der Waals surface area contributed by atoms with Crippen molar-refractivity contribution in [3.05, 3.63) is 64.2 Å². The molecule has 0 bridgehead atoms. The summed E-state index contributed by atoms with van der Waals surface area (Å²) in [6.45, 7) is 4.44. The molecule has 0 aliphatic carbocycles. The van der Waals surface area contributed by atoms with Gasteiger partial charge >= 0.3 is 111 Å². The minimum absolute atomic E-state index is 0.176. The monoisotopic (exact) mass is 905 g/mol. The molecule has 0 spiro atoms. The fourth-order valence-corrected chi connectivity index (χ4v) is 10.6. The van der Waals surface area contributed by atoms with Crippen LogP contribution in [0.1, 0.15) is 31.3 Å². The molecule has 9 rings (SSSR count). The van der Waals surface area contributed by atoms with Gasteiger partial charge in [-0.15, -0.1) is 0 Å². The van der Waals surface area contributed by atoms with E-state index in [2.05, 4.69) is 87.7 Å². The van der Waals surface area contributed by atoms with Crippen LogP contribution in [0.3, 0.4) is 0 Å². The van der Waals surface area contributed by atoms with Gasteiger partial charge in [0.05, 0.1) is 36.1 Å². The van der Waals surface area contributed by atoms with E-state index in [1.807, 2.05) is 41.2 Å². The van der Waals surface area contributed by atoms with Crippen LogP contribution in [0.5, 0.6) is 0 Å². The average molecular weight is 906 g/mol. The molecule has 3 aliphatic heterocycles. The normalized spacial score (nSPS) is 20.5. The van der Waals surface area contributed by atoms with Crippen molar-refractivity contribution in [2.24, 2.45) is 0 Å². The number of nitrogens with one attached hydrogen (secondary N) is 1. The van der Waals surface area contributed by atoms with Crippen LogP contribution in [-0.4, -0.2) is 114 Å². The van der Waals surface area contributed by atoms with Gasteiger partial charge in [-0.05, 0) is 69.0 Å². The third-order valence-electron chi connectivity index (χ3n) is 8.29. The number of aliphatic hydroxyl groups is 1. The summed E-state index contributed by atoms with van der Waals surface area (Å²) >= 11 is 4.57. The first kappa shape index (κ1) is 36.3. The number of aliphatic hydroxyl groups excluding tert-OH is 1. The molecule has 9 heterocycles. The van der Waals surface area contributed by atoms with Crippen LogP contribution in [0.15, 0.2) is 64.2 Å². The number of hydrogen-bond acceptors (Lipinski definition) is 10. The number of halogens is 2. The van der Waals surface area contributed by atoms with Crippen molar-refractivity contribution >= 4 is 87.0 Å². The summed E-state index contributed by atoms with van der Waals surface area (Å²) in [5.74, 6) is 0. The van der Waals surface area contributed by atoms with Crippen LogP contribution in [0.4, 0.5) is 0 Å². The number of aromatic amines is 1. The van der Waals surface area contributed by atoms with Crippen molar-refractivity contribution in [1.29, 1.82) is 0 Å². The summed E-state index contributed by atoms with van der Waals surface area (Å²) in [6.07, 6.45) is 8.08. The van der Waals surface area contributed by atoms with Crippen LogP contribution in [0.2, 0.25) is 14.8 Å². The Labute approximate surface area is 305 Å². The molecular formula is C33H41Br2N9O4Sn. The van der Waals surface area contributed by atoms with Crippen LogP contribution < -0.4 is 3.71 Å². The Morgan fingerprint density at radius 2 is 1.29 bits per heavy atom. The van der Waals surface area contributed by atoms with Gasteiger partial charge in [-0.1, -0.05) is 0 Å². The quantitative estimate of drug-likeness (QED) is 0.216. The first-order valence-electron chi connectivity index (χ1n) is 16.4. The summed E-state index contributed by atoms with van der Waals surface area (Å²) < 4.78 is 22.8. The zero-order valence-electron chi connectivity index (χ0n) is 27.8. The summed E-state index contributed by atoms with van der Waals surface area (Å²) in [7, 11) is 0. The van der Waals surface area contributed by atoms with Gasteiger partial charge in [0.1, 0.15) is 9.21 Å². The van der Waals surface area contributed by atoms with E-state index in [1.54, 1.807) is 12.4 Å². The standard InChI is InChI=1S/C10H10BrN3O.C10H10N3O.C6H4BrN3.C4H8O2.3CH3.Sn/c11-9-8-2-1-4-12-10(8)14(13-9)7-3-5-15-6-7;1-2-8-6-12-13(10(8)11-4-1)9-3-5-14-7-9;7-5-4-2-1-3-8-6(4)10-9-5;5-4-1-2-6-3-4;;;;/h1-2,4,7H,3,5-6H2;1-2,4,9H,3,5,7H2;1-3H,(H,8,9,10);4-5H,1-3H2;3*1H3;. The summed E-state index contributed by atoms with van der Waals surface area (Å²) in [4.78, 5) is 20.1. The first-order valence-corrected chi connectivity index (χ1v) is 28.0. The number of nitrogens with zero attached hydrogens (tertiary/aromatic N) is 8. The second-order valence-electron chi connectivity index (χ2n) is 13.0. The van der Waals surface area contributed by atoms with E-state index < -0.39 is 18.4 Å². The zero-order valence-corrected chi connectivity index (χ0v) is 33.8. The zero-order chi connectivity index (χ0) is 34.4. The molecule has 6 aromatic rings. The molecule has 3 atom stereocenters. The predicted octanol–water partition coefficient (Wildman–Crippen LogP) is 5.58. The maximum absolute atomic E-state index is 8.60. The van der Waals surface area contributed by atoms with Crippen molar-refractivity contribution < 1.29 is 19.3 Å². The van der Waals surface area contributed by atoms with E-state index >= 15 is 0 Å². The Bertz CT molecular complexity index is 1960. The Hall–Kier alpha value is -2.54. The molecule has 2 N–H and O–H groups in total. The topological polar surface area (TPSA) is 151 Å². The van der Waals surface area contributed by atoms with Gasteiger partial charge in [0.25, 0.3) is 0 Å². The van der Waals surface area contributed by atoms with Crippen molar-refractivity contribution in [1.82, 2.24) is 44.7 Å². The van der Waals surface area contributed by atoms with Gasteiger partial charge < -0.3 is 14.6 Å². The van der Waals surface area contributed by atoms with Gasteiger partial charge in [-0.25, -0.2) is 14.6 Å². The van der Waals surface area contributed by atoms with Gasteiger partial charge in [0, 0.05) is 25.6 Å². The van der Waals surface area contributed by atoms with E-state index in [4.69, 9.17) is 24.4 Å². The Morgan fingerprint density at radius 3 is 1.82 bits per heavy atom. The third kappa shape index (κ3) is 8.86. The summed E-state index contributed by atoms with van der Waals surface area (Å²) in [6, 6.07) is 12.6. The number of pyridine rings is 3. The molecule has 3 saturated heterocycles. The molecule has 3 aliphatic rings. The van der Waals surface area contributed by atoms with E-state index in [9.17, 15) is 0 Å². The van der Waals surface area contributed by atoms with Crippen LogP contribution in [0, 0.1) is 0 Å². The van der Waals surface area contributed by atoms with Gasteiger partial charge in [0.2, 0.25) is 0 Å². The van der Waals surface area contributed by atoms with Gasteiger partial charge in [0.15, 0.2) is 11.3 Å². The fourth-order valence-electron chi connectivity index (χ4n) is 5.74. The molecule has 6 aromatic heterocycles. The molecule has 49 heavy (non-hydrogen) atoms. The Balaban J connectivity index is 0.000000121. The fraction of sp³-hybridized carbons (Fsp3) is 0.455. The number of H-pyrrole nitrogens is 1. The molecule has 3 fully saturated rings. The van der Waals surface area contributed by atoms with Crippen LogP contribution in [0.25, 0.3) is 33.1 Å². The molecule has 0 radical (unpaired) electrons. The average Bonchev–Trinajstić information content (AvgIpc) is 3.95. The Morgan fingerprint density at radius 1 is 0.735 bits per heavy atom. The number of fused-ring (bicyclic) bond motifs is 3. The predicted molar refractivity (Wildman–Crippen MR) is 198 cm³/mol. The molecule has 16 heteroatoms. The van der Waals surface area contributed by atoms with Crippen LogP contribution in [-0.2, 0) is 14.2 Å². The number of rotatable bonds is 3. The van der Waals surface area contributed by atoms with Crippen molar-refractivity contribution in [3.8, 4) is 0 Å². The maximum atomic E-state index is 8.60. The van der Waals surface area contributed by atoms with Gasteiger partial charge in [-0.3, -0.25) is 5.10 Å². The number of hydrogen-bond donors (Lipinski definition) is 2. The van der Waals surface area contributed by atoms with E-state index in [-0.39, 0.29) is 6.10 Å². The van der Waals surface area contributed by atoms with E-state index in [1.165, 1.54) is 9.10 Å². The molecule has 13 nitrogen and oxygen atoms in total. The number of aromatic nitrogens is 9. The Kier molecular flexibility index (Phi) is 12.3. The minimum atomic E-state index is -2.20. The third-order valence-corrected chi connectivity index (χ3v) is 14.6. The first-order chi connectivity index (χ1) is 23.7. The van der Waals surface area contributed by atoms with Crippen molar-refractivity contribution in [2.45, 2.75) is 52.3 Å². The molecule has 0 saturated carbocycles. The van der Waals surface area contributed by atoms with E-state index in [0.717, 1.165) is 89.2 Å². The van der Waals surface area contributed by atoms with Crippen molar-refractivity contribution in [3.63, 3.8) is 0 Å². The number of ether oxygens (including phenoxy) is 3. The molecule has 3 unspecified atom stereocenters. The molecule has 0 aromatic carbocycles. The summed E-state index contributed by atoms with van der Waals surface area (Å²) in [5, 5.41) is 28.0. The molecule has 0 amide bonds. The molecule has 260 valence electrons.